The highest BCUT2D eigenvalue weighted by Crippen LogP contribution is 2.41. The molecular weight excluding hydrogens is 299 g/mol. The van der Waals surface area contributed by atoms with Crippen LogP contribution in [0.5, 0.6) is 0 Å². The summed E-state index contributed by atoms with van der Waals surface area (Å²) < 4.78 is 1.26. The predicted octanol–water partition coefficient (Wildman–Crippen LogP) is 3.09. The smallest absolute Gasteiger partial charge is 0.297 e. The monoisotopic (exact) mass is 310 g/mol. The minimum absolute atomic E-state index is 0.0328. The fourth-order valence-corrected chi connectivity index (χ4v) is 2.75. The topological polar surface area (TPSA) is 54.9 Å². The molecule has 1 saturated carbocycles. The Morgan fingerprint density at radius 3 is 2.35 bits per heavy atom. The Hall–Kier alpha value is -1.52. The van der Waals surface area contributed by atoms with E-state index in [0.29, 0.717) is 22.1 Å². The molecule has 2 unspecified atom stereocenters. The molecule has 0 aliphatic heterocycles. The maximum absolute atomic E-state index is 12.5. The average Bonchev–Trinajstić information content (AvgIpc) is 3.08. The molecule has 1 aliphatic rings. The van der Waals surface area contributed by atoms with Crippen molar-refractivity contribution in [2.24, 2.45) is 5.92 Å². The second kappa shape index (κ2) is 4.79. The lowest BCUT2D eigenvalue weighted by Gasteiger charge is -2.08. The van der Waals surface area contributed by atoms with Gasteiger partial charge in [-0.05, 0) is 30.0 Å². The quantitative estimate of drug-likeness (QED) is 0.867. The Balaban J connectivity index is 2.23. The molecule has 6 heteroatoms. The molecular formula is C14H12Cl2N2O2. The lowest BCUT2D eigenvalue weighted by molar-refractivity contribution is 0.619. The van der Waals surface area contributed by atoms with E-state index in [0.717, 1.165) is 6.42 Å². The first-order valence-corrected chi connectivity index (χ1v) is 7.05. The van der Waals surface area contributed by atoms with Gasteiger partial charge < -0.3 is 0 Å². The van der Waals surface area contributed by atoms with E-state index in [9.17, 15) is 9.59 Å². The number of aromatic nitrogens is 2. The maximum Gasteiger partial charge on any atom is 0.329 e. The molecule has 3 rings (SSSR count). The van der Waals surface area contributed by atoms with Gasteiger partial charge in [-0.1, -0.05) is 42.3 Å². The van der Waals surface area contributed by atoms with E-state index in [2.05, 4.69) is 4.98 Å². The minimum Gasteiger partial charge on any atom is -0.297 e. The summed E-state index contributed by atoms with van der Waals surface area (Å²) in [4.78, 5) is 27.0. The molecule has 1 aliphatic carbocycles. The fraction of sp³-hybridized carbons (Fsp3) is 0.286. The molecule has 104 valence electrons. The lowest BCUT2D eigenvalue weighted by atomic mass is 10.1. The molecule has 1 heterocycles. The number of nitrogens with one attached hydrogen (secondary N) is 1. The van der Waals surface area contributed by atoms with Crippen LogP contribution in [-0.2, 0) is 0 Å². The van der Waals surface area contributed by atoms with Gasteiger partial charge in [0, 0.05) is 11.1 Å². The van der Waals surface area contributed by atoms with Crippen LogP contribution in [0.1, 0.15) is 19.4 Å². The standard InChI is InChI=1S/C14H12Cl2N2O2/c1-7-6-10(7)18-13(19)11(12(16)17-14(18)20)8-2-4-9(15)5-3-8/h2-5,7,10H,6H2,1H3,(H,17,20). The normalized spacial score (nSPS) is 20.9. The van der Waals surface area contributed by atoms with Gasteiger partial charge in [-0.25, -0.2) is 4.79 Å². The third kappa shape index (κ3) is 2.19. The number of benzene rings is 1. The molecule has 1 fully saturated rings. The van der Waals surface area contributed by atoms with Gasteiger partial charge in [0.05, 0.1) is 5.56 Å². The van der Waals surface area contributed by atoms with Crippen LogP contribution in [0.3, 0.4) is 0 Å². The molecule has 1 aromatic carbocycles. The van der Waals surface area contributed by atoms with E-state index in [1.165, 1.54) is 4.57 Å². The van der Waals surface area contributed by atoms with Crippen LogP contribution in [0.4, 0.5) is 0 Å². The van der Waals surface area contributed by atoms with Crippen molar-refractivity contribution in [3.63, 3.8) is 0 Å². The number of H-pyrrole nitrogens is 1. The Kier molecular flexibility index (Phi) is 3.22. The van der Waals surface area contributed by atoms with Crippen LogP contribution in [0.25, 0.3) is 11.1 Å². The number of halogens is 2. The van der Waals surface area contributed by atoms with Crippen molar-refractivity contribution in [3.8, 4) is 11.1 Å². The molecule has 2 aromatic rings. The van der Waals surface area contributed by atoms with Gasteiger partial charge in [0.2, 0.25) is 0 Å². The predicted molar refractivity (Wildman–Crippen MR) is 79.6 cm³/mol. The number of hydrogen-bond acceptors (Lipinski definition) is 2. The van der Waals surface area contributed by atoms with Crippen LogP contribution in [0.15, 0.2) is 33.9 Å². The zero-order chi connectivity index (χ0) is 14.4. The molecule has 0 bridgehead atoms. The van der Waals surface area contributed by atoms with Gasteiger partial charge in [0.15, 0.2) is 0 Å². The summed E-state index contributed by atoms with van der Waals surface area (Å²) in [6.45, 7) is 2.01. The zero-order valence-electron chi connectivity index (χ0n) is 10.7. The van der Waals surface area contributed by atoms with Crippen LogP contribution >= 0.6 is 23.2 Å². The molecule has 2 atom stereocenters. The number of rotatable bonds is 2. The molecule has 20 heavy (non-hydrogen) atoms. The highest BCUT2D eigenvalue weighted by Gasteiger charge is 2.37. The summed E-state index contributed by atoms with van der Waals surface area (Å²) in [5, 5.41) is 0.636. The highest BCUT2D eigenvalue weighted by atomic mass is 35.5. The van der Waals surface area contributed by atoms with E-state index in [1.807, 2.05) is 6.92 Å². The minimum atomic E-state index is -0.452. The first-order valence-electron chi connectivity index (χ1n) is 6.29. The van der Waals surface area contributed by atoms with Crippen molar-refractivity contribution >= 4 is 23.2 Å². The van der Waals surface area contributed by atoms with E-state index in [1.54, 1.807) is 24.3 Å². The molecule has 4 nitrogen and oxygen atoms in total. The molecule has 1 N–H and O–H groups in total. The second-order valence-corrected chi connectivity index (χ2v) is 5.90. The van der Waals surface area contributed by atoms with Crippen molar-refractivity contribution in [2.75, 3.05) is 0 Å². The Labute approximate surface area is 125 Å². The van der Waals surface area contributed by atoms with Gasteiger partial charge in [0.25, 0.3) is 5.56 Å². The zero-order valence-corrected chi connectivity index (χ0v) is 12.2. The Morgan fingerprint density at radius 2 is 1.80 bits per heavy atom. The highest BCUT2D eigenvalue weighted by molar-refractivity contribution is 6.32. The van der Waals surface area contributed by atoms with E-state index >= 15 is 0 Å². The fourth-order valence-electron chi connectivity index (χ4n) is 2.35. The van der Waals surface area contributed by atoms with Crippen LogP contribution < -0.4 is 11.2 Å². The molecule has 0 saturated heterocycles. The number of hydrogen-bond donors (Lipinski definition) is 1. The van der Waals surface area contributed by atoms with Crippen molar-refractivity contribution in [2.45, 2.75) is 19.4 Å². The summed E-state index contributed by atoms with van der Waals surface area (Å²) in [7, 11) is 0. The van der Waals surface area contributed by atoms with E-state index in [-0.39, 0.29) is 16.8 Å². The van der Waals surface area contributed by atoms with Crippen LogP contribution in [0.2, 0.25) is 10.2 Å². The van der Waals surface area contributed by atoms with Gasteiger partial charge in [0.1, 0.15) is 5.15 Å². The van der Waals surface area contributed by atoms with Crippen LogP contribution in [-0.4, -0.2) is 9.55 Å². The second-order valence-electron chi connectivity index (χ2n) is 5.08. The molecule has 0 radical (unpaired) electrons. The van der Waals surface area contributed by atoms with Crippen molar-refractivity contribution in [3.05, 3.63) is 55.3 Å². The summed E-state index contributed by atoms with van der Waals surface area (Å²) in [5.41, 5.74) is 0.146. The summed E-state index contributed by atoms with van der Waals surface area (Å²) in [6.07, 6.45) is 0.838. The first-order chi connectivity index (χ1) is 9.49. The first kappa shape index (κ1) is 13.5. The van der Waals surface area contributed by atoms with E-state index in [4.69, 9.17) is 23.2 Å². The maximum atomic E-state index is 12.5. The summed E-state index contributed by atoms with van der Waals surface area (Å²) >= 11 is 11.9. The van der Waals surface area contributed by atoms with Crippen molar-refractivity contribution in [1.82, 2.24) is 9.55 Å². The molecule has 1 aromatic heterocycles. The largest absolute Gasteiger partial charge is 0.329 e. The van der Waals surface area contributed by atoms with Crippen molar-refractivity contribution in [1.29, 1.82) is 0 Å². The van der Waals surface area contributed by atoms with Gasteiger partial charge in [-0.3, -0.25) is 14.3 Å². The third-order valence-electron chi connectivity index (χ3n) is 3.62. The number of nitrogens with zero attached hydrogens (tertiary/aromatic N) is 1. The molecule has 0 amide bonds. The SMILES string of the molecule is CC1CC1n1c(=O)[nH]c(Cl)c(-c2ccc(Cl)cc2)c1=O. The van der Waals surface area contributed by atoms with Gasteiger partial charge in [-0.2, -0.15) is 0 Å². The third-order valence-corrected chi connectivity index (χ3v) is 4.15. The van der Waals surface area contributed by atoms with Gasteiger partial charge in [-0.15, -0.1) is 0 Å². The average molecular weight is 311 g/mol. The summed E-state index contributed by atoms with van der Waals surface area (Å²) in [5.74, 6) is 0.341. The Bertz CT molecular complexity index is 777. The van der Waals surface area contributed by atoms with Crippen molar-refractivity contribution < 1.29 is 0 Å². The molecule has 0 spiro atoms. The van der Waals surface area contributed by atoms with Gasteiger partial charge >= 0.3 is 5.69 Å². The summed E-state index contributed by atoms with van der Waals surface area (Å²) in [6, 6.07) is 6.76. The van der Waals surface area contributed by atoms with Crippen LogP contribution in [0, 0.1) is 5.92 Å². The Morgan fingerprint density at radius 1 is 1.20 bits per heavy atom. The number of aromatic amines is 1. The lowest BCUT2D eigenvalue weighted by Crippen LogP contribution is -2.36. The van der Waals surface area contributed by atoms with E-state index < -0.39 is 5.69 Å².